The first kappa shape index (κ1) is 18.5. The molecule has 0 aromatic heterocycles. The zero-order chi connectivity index (χ0) is 17.9. The van der Waals surface area contributed by atoms with Gasteiger partial charge < -0.3 is 9.84 Å². The van der Waals surface area contributed by atoms with Crippen molar-refractivity contribution in [2.45, 2.75) is 18.7 Å². The summed E-state index contributed by atoms with van der Waals surface area (Å²) < 4.78 is 34.0. The molecule has 2 rings (SSSR count). The predicted octanol–water partition coefficient (Wildman–Crippen LogP) is 3.17. The lowest BCUT2D eigenvalue weighted by molar-refractivity contribution is -0.139. The van der Waals surface area contributed by atoms with E-state index in [9.17, 15) is 13.2 Å². The second kappa shape index (κ2) is 7.39. The summed E-state index contributed by atoms with van der Waals surface area (Å²) in [5, 5.41) is 8.75. The van der Waals surface area contributed by atoms with Gasteiger partial charge in [0, 0.05) is 14.8 Å². The summed E-state index contributed by atoms with van der Waals surface area (Å²) in [6.07, 6.45) is 0. The highest BCUT2D eigenvalue weighted by Crippen LogP contribution is 2.30. The van der Waals surface area contributed by atoms with Crippen LogP contribution in [0.3, 0.4) is 0 Å². The fourth-order valence-corrected chi connectivity index (χ4v) is 4.05. The Morgan fingerprint density at radius 2 is 1.96 bits per heavy atom. The average Bonchev–Trinajstić information content (AvgIpc) is 2.45. The van der Waals surface area contributed by atoms with Crippen LogP contribution in [-0.4, -0.2) is 26.1 Å². The SMILES string of the molecule is Cc1ccc(S(=O)(=O)Nc2cccc(I)c2)c(C)c1OCC(=O)O. The minimum absolute atomic E-state index is 0.0485. The van der Waals surface area contributed by atoms with Crippen molar-refractivity contribution >= 4 is 44.3 Å². The molecule has 0 atom stereocenters. The number of carboxylic acid groups (broad SMARTS) is 1. The average molecular weight is 461 g/mol. The molecule has 0 unspecified atom stereocenters. The Morgan fingerprint density at radius 3 is 2.58 bits per heavy atom. The summed E-state index contributed by atoms with van der Waals surface area (Å²) in [5.74, 6) is -0.859. The van der Waals surface area contributed by atoms with Crippen LogP contribution in [-0.2, 0) is 14.8 Å². The molecule has 0 heterocycles. The molecule has 2 aromatic rings. The maximum absolute atomic E-state index is 12.6. The van der Waals surface area contributed by atoms with Gasteiger partial charge in [-0.3, -0.25) is 4.72 Å². The van der Waals surface area contributed by atoms with Crippen molar-refractivity contribution in [1.29, 1.82) is 0 Å². The predicted molar refractivity (Wildman–Crippen MR) is 99.0 cm³/mol. The van der Waals surface area contributed by atoms with Crippen molar-refractivity contribution in [2.75, 3.05) is 11.3 Å². The third-order valence-electron chi connectivity index (χ3n) is 3.26. The number of nitrogens with one attached hydrogen (secondary N) is 1. The molecule has 2 aromatic carbocycles. The summed E-state index contributed by atoms with van der Waals surface area (Å²) in [6, 6.07) is 10.0. The molecule has 0 amide bonds. The number of rotatable bonds is 6. The maximum Gasteiger partial charge on any atom is 0.341 e. The number of benzene rings is 2. The number of hydrogen-bond donors (Lipinski definition) is 2. The van der Waals surface area contributed by atoms with Gasteiger partial charge in [0.2, 0.25) is 0 Å². The molecule has 24 heavy (non-hydrogen) atoms. The molecule has 0 bridgehead atoms. The number of carbonyl (C=O) groups is 1. The van der Waals surface area contributed by atoms with Crippen molar-refractivity contribution in [3.63, 3.8) is 0 Å². The number of aliphatic carboxylic acids is 1. The molecule has 0 saturated heterocycles. The van der Waals surface area contributed by atoms with Gasteiger partial charge in [0.25, 0.3) is 10.0 Å². The number of hydrogen-bond acceptors (Lipinski definition) is 4. The van der Waals surface area contributed by atoms with Crippen molar-refractivity contribution in [3.8, 4) is 5.75 Å². The van der Waals surface area contributed by atoms with Crippen LogP contribution < -0.4 is 9.46 Å². The molecular weight excluding hydrogens is 445 g/mol. The topological polar surface area (TPSA) is 92.7 Å². The van der Waals surface area contributed by atoms with Crippen molar-refractivity contribution in [3.05, 3.63) is 51.1 Å². The van der Waals surface area contributed by atoms with Crippen LogP contribution in [0.4, 0.5) is 5.69 Å². The zero-order valence-corrected chi connectivity index (χ0v) is 16.0. The molecule has 0 fully saturated rings. The number of ether oxygens (including phenoxy) is 1. The lowest BCUT2D eigenvalue weighted by atomic mass is 10.1. The lowest BCUT2D eigenvalue weighted by Gasteiger charge is -2.15. The van der Waals surface area contributed by atoms with Crippen LogP contribution in [0.15, 0.2) is 41.3 Å². The number of sulfonamides is 1. The highest BCUT2D eigenvalue weighted by molar-refractivity contribution is 14.1. The number of aryl methyl sites for hydroxylation is 1. The van der Waals surface area contributed by atoms with E-state index in [2.05, 4.69) is 27.3 Å². The van der Waals surface area contributed by atoms with Gasteiger partial charge >= 0.3 is 5.97 Å². The number of anilines is 1. The van der Waals surface area contributed by atoms with Gasteiger partial charge in [0.15, 0.2) is 6.61 Å². The normalized spacial score (nSPS) is 11.1. The van der Waals surface area contributed by atoms with Crippen LogP contribution in [0.2, 0.25) is 0 Å². The minimum Gasteiger partial charge on any atom is -0.481 e. The van der Waals surface area contributed by atoms with Crippen LogP contribution in [0.1, 0.15) is 11.1 Å². The van der Waals surface area contributed by atoms with Gasteiger partial charge in [-0.25, -0.2) is 13.2 Å². The van der Waals surface area contributed by atoms with Crippen LogP contribution in [0, 0.1) is 17.4 Å². The second-order valence-electron chi connectivity index (χ2n) is 5.13. The van der Waals surface area contributed by atoms with E-state index in [0.29, 0.717) is 16.8 Å². The third kappa shape index (κ3) is 4.38. The van der Waals surface area contributed by atoms with E-state index < -0.39 is 22.6 Å². The molecule has 2 N–H and O–H groups in total. The maximum atomic E-state index is 12.6. The number of carboxylic acids is 1. The molecule has 0 saturated carbocycles. The van der Waals surface area contributed by atoms with E-state index in [4.69, 9.17) is 9.84 Å². The Labute approximate surface area is 154 Å². The standard InChI is InChI=1S/C16H16INO5S/c1-10-6-7-14(11(2)16(10)23-9-15(19)20)24(21,22)18-13-5-3-4-12(17)8-13/h3-8,18H,9H2,1-2H3,(H,19,20). The van der Waals surface area contributed by atoms with Gasteiger partial charge in [-0.15, -0.1) is 0 Å². The van der Waals surface area contributed by atoms with E-state index in [1.54, 1.807) is 38.1 Å². The van der Waals surface area contributed by atoms with E-state index >= 15 is 0 Å². The molecule has 8 heteroatoms. The smallest absolute Gasteiger partial charge is 0.341 e. The van der Waals surface area contributed by atoms with Crippen LogP contribution >= 0.6 is 22.6 Å². The molecule has 0 aliphatic heterocycles. The van der Waals surface area contributed by atoms with E-state index in [1.165, 1.54) is 6.07 Å². The first-order valence-electron chi connectivity index (χ1n) is 6.94. The summed E-state index contributed by atoms with van der Waals surface area (Å²) >= 11 is 2.09. The van der Waals surface area contributed by atoms with E-state index in [-0.39, 0.29) is 10.6 Å². The molecule has 0 spiro atoms. The summed E-state index contributed by atoms with van der Waals surface area (Å²) in [4.78, 5) is 10.7. The molecule has 0 radical (unpaired) electrons. The second-order valence-corrected chi connectivity index (χ2v) is 8.03. The molecule has 6 nitrogen and oxygen atoms in total. The van der Waals surface area contributed by atoms with Gasteiger partial charge in [-0.2, -0.15) is 0 Å². The Bertz CT molecular complexity index is 880. The Hall–Kier alpha value is -1.81. The molecule has 0 aliphatic carbocycles. The third-order valence-corrected chi connectivity index (χ3v) is 5.46. The van der Waals surface area contributed by atoms with Crippen LogP contribution in [0.25, 0.3) is 0 Å². The zero-order valence-electron chi connectivity index (χ0n) is 13.0. The van der Waals surface area contributed by atoms with Crippen molar-refractivity contribution in [1.82, 2.24) is 0 Å². The highest BCUT2D eigenvalue weighted by atomic mass is 127. The first-order valence-corrected chi connectivity index (χ1v) is 9.50. The Balaban J connectivity index is 2.39. The monoisotopic (exact) mass is 461 g/mol. The molecule has 0 aliphatic rings. The summed E-state index contributed by atoms with van der Waals surface area (Å²) in [6.45, 7) is 2.79. The Morgan fingerprint density at radius 1 is 1.25 bits per heavy atom. The molecular formula is C16H16INO5S. The summed E-state index contributed by atoms with van der Waals surface area (Å²) in [7, 11) is -3.82. The fraction of sp³-hybridized carbons (Fsp3) is 0.188. The fourth-order valence-electron chi connectivity index (χ4n) is 2.22. The van der Waals surface area contributed by atoms with Gasteiger partial charge in [-0.1, -0.05) is 12.1 Å². The van der Waals surface area contributed by atoms with Crippen molar-refractivity contribution in [2.24, 2.45) is 0 Å². The summed E-state index contributed by atoms with van der Waals surface area (Å²) in [5.41, 5.74) is 1.49. The molecule has 128 valence electrons. The first-order chi connectivity index (χ1) is 11.2. The Kier molecular flexibility index (Phi) is 5.70. The largest absolute Gasteiger partial charge is 0.481 e. The lowest BCUT2D eigenvalue weighted by Crippen LogP contribution is -2.16. The highest BCUT2D eigenvalue weighted by Gasteiger charge is 2.21. The van der Waals surface area contributed by atoms with Gasteiger partial charge in [-0.05, 0) is 66.3 Å². The number of halogens is 1. The minimum atomic E-state index is -3.82. The van der Waals surface area contributed by atoms with Gasteiger partial charge in [0.1, 0.15) is 5.75 Å². The quantitative estimate of drug-likeness (QED) is 0.645. The van der Waals surface area contributed by atoms with Gasteiger partial charge in [0.05, 0.1) is 4.90 Å². The van der Waals surface area contributed by atoms with E-state index in [1.807, 2.05) is 6.07 Å². The van der Waals surface area contributed by atoms with E-state index in [0.717, 1.165) is 3.57 Å². The van der Waals surface area contributed by atoms with Crippen molar-refractivity contribution < 1.29 is 23.1 Å². The van der Waals surface area contributed by atoms with Crippen LogP contribution in [0.5, 0.6) is 5.75 Å².